The molecule has 0 saturated heterocycles. The summed E-state index contributed by atoms with van der Waals surface area (Å²) in [5.74, 6) is -0.392. The van der Waals surface area contributed by atoms with Crippen LogP contribution in [0.2, 0.25) is 0 Å². The SMILES string of the molecule is NC(=O)C1([CH]c2ccc(C(F)(F)F)cc2)CCCCC1. The van der Waals surface area contributed by atoms with Crippen LogP contribution in [0.15, 0.2) is 24.3 Å². The van der Waals surface area contributed by atoms with Gasteiger partial charge in [0.25, 0.3) is 0 Å². The van der Waals surface area contributed by atoms with E-state index in [1.807, 2.05) is 0 Å². The highest BCUT2D eigenvalue weighted by Gasteiger charge is 2.38. The summed E-state index contributed by atoms with van der Waals surface area (Å²) in [5, 5.41) is 0. The monoisotopic (exact) mass is 284 g/mol. The van der Waals surface area contributed by atoms with Crippen LogP contribution >= 0.6 is 0 Å². The van der Waals surface area contributed by atoms with Crippen molar-refractivity contribution < 1.29 is 18.0 Å². The van der Waals surface area contributed by atoms with Gasteiger partial charge in [-0.1, -0.05) is 31.4 Å². The van der Waals surface area contributed by atoms with Gasteiger partial charge in [-0.2, -0.15) is 13.2 Å². The fourth-order valence-electron chi connectivity index (χ4n) is 2.73. The number of amides is 1. The Morgan fingerprint density at radius 1 is 1.10 bits per heavy atom. The lowest BCUT2D eigenvalue weighted by molar-refractivity contribution is -0.137. The van der Waals surface area contributed by atoms with Gasteiger partial charge in [0.2, 0.25) is 5.91 Å². The van der Waals surface area contributed by atoms with Crippen LogP contribution in [0, 0.1) is 11.8 Å². The molecular formula is C15H17F3NO. The number of carbonyl (C=O) groups is 1. The molecule has 1 fully saturated rings. The third-order valence-corrected chi connectivity index (χ3v) is 3.92. The van der Waals surface area contributed by atoms with Gasteiger partial charge in [-0.15, -0.1) is 0 Å². The highest BCUT2D eigenvalue weighted by molar-refractivity contribution is 5.83. The first-order valence-electron chi connectivity index (χ1n) is 6.67. The molecule has 2 N–H and O–H groups in total. The minimum atomic E-state index is -4.34. The lowest BCUT2D eigenvalue weighted by Gasteiger charge is -2.34. The minimum Gasteiger partial charge on any atom is -0.369 e. The van der Waals surface area contributed by atoms with E-state index in [0.717, 1.165) is 31.4 Å². The van der Waals surface area contributed by atoms with Gasteiger partial charge in [0, 0.05) is 6.42 Å². The molecule has 20 heavy (non-hydrogen) atoms. The first-order valence-corrected chi connectivity index (χ1v) is 6.67. The van der Waals surface area contributed by atoms with Crippen LogP contribution in [-0.4, -0.2) is 5.91 Å². The van der Waals surface area contributed by atoms with E-state index in [0.29, 0.717) is 18.4 Å². The summed E-state index contributed by atoms with van der Waals surface area (Å²) in [6, 6.07) is 4.84. The van der Waals surface area contributed by atoms with Crippen LogP contribution in [0.5, 0.6) is 0 Å². The first kappa shape index (κ1) is 14.9. The number of rotatable bonds is 3. The van der Waals surface area contributed by atoms with Crippen LogP contribution in [0.4, 0.5) is 13.2 Å². The predicted molar refractivity (Wildman–Crippen MR) is 69.6 cm³/mol. The van der Waals surface area contributed by atoms with Crippen molar-refractivity contribution in [1.29, 1.82) is 0 Å². The van der Waals surface area contributed by atoms with E-state index in [4.69, 9.17) is 5.73 Å². The summed E-state index contributed by atoms with van der Waals surface area (Å²) in [5.41, 5.74) is 4.71. The maximum atomic E-state index is 12.5. The van der Waals surface area contributed by atoms with E-state index in [9.17, 15) is 18.0 Å². The summed E-state index contributed by atoms with van der Waals surface area (Å²) in [6.45, 7) is 0. The Labute approximate surface area is 116 Å². The normalized spacial score (nSPS) is 18.8. The molecule has 2 rings (SSSR count). The zero-order valence-corrected chi connectivity index (χ0v) is 11.0. The van der Waals surface area contributed by atoms with Crippen LogP contribution < -0.4 is 5.73 Å². The fourth-order valence-corrected chi connectivity index (χ4v) is 2.73. The molecule has 1 aliphatic carbocycles. The third-order valence-electron chi connectivity index (χ3n) is 3.92. The highest BCUT2D eigenvalue weighted by atomic mass is 19.4. The molecule has 109 valence electrons. The van der Waals surface area contributed by atoms with Gasteiger partial charge < -0.3 is 5.73 Å². The Morgan fingerprint density at radius 2 is 1.65 bits per heavy atom. The summed E-state index contributed by atoms with van der Waals surface area (Å²) in [6.07, 6.45) is 1.63. The largest absolute Gasteiger partial charge is 0.416 e. The maximum absolute atomic E-state index is 12.5. The van der Waals surface area contributed by atoms with Crippen molar-refractivity contribution >= 4 is 5.91 Å². The highest BCUT2D eigenvalue weighted by Crippen LogP contribution is 2.40. The summed E-state index contributed by atoms with van der Waals surface area (Å²) >= 11 is 0. The molecule has 2 nitrogen and oxygen atoms in total. The molecule has 0 aliphatic heterocycles. The zero-order valence-electron chi connectivity index (χ0n) is 11.0. The number of alkyl halides is 3. The van der Waals surface area contributed by atoms with E-state index in [2.05, 4.69) is 0 Å². The van der Waals surface area contributed by atoms with Crippen molar-refractivity contribution in [1.82, 2.24) is 0 Å². The van der Waals surface area contributed by atoms with Crippen LogP contribution in [0.3, 0.4) is 0 Å². The molecule has 0 heterocycles. The standard InChI is InChI=1S/C15H17F3NO/c16-15(17,18)12-6-4-11(5-7-12)10-14(13(19)20)8-2-1-3-9-14/h4-7,10H,1-3,8-9H2,(H2,19,20). The van der Waals surface area contributed by atoms with Crippen molar-refractivity contribution in [3.05, 3.63) is 41.8 Å². The van der Waals surface area contributed by atoms with Crippen molar-refractivity contribution in [2.24, 2.45) is 11.1 Å². The second-order valence-electron chi connectivity index (χ2n) is 5.35. The Bertz CT molecular complexity index is 473. The molecule has 1 aromatic carbocycles. The molecule has 0 bridgehead atoms. The van der Waals surface area contributed by atoms with Crippen molar-refractivity contribution in [3.63, 3.8) is 0 Å². The van der Waals surface area contributed by atoms with Gasteiger partial charge in [-0.25, -0.2) is 0 Å². The molecule has 1 saturated carbocycles. The summed E-state index contributed by atoms with van der Waals surface area (Å²) in [4.78, 5) is 11.7. The van der Waals surface area contributed by atoms with Crippen molar-refractivity contribution in [2.75, 3.05) is 0 Å². The number of hydrogen-bond donors (Lipinski definition) is 1. The van der Waals surface area contributed by atoms with Crippen LogP contribution in [0.25, 0.3) is 0 Å². The Kier molecular flexibility index (Phi) is 4.06. The Morgan fingerprint density at radius 3 is 2.10 bits per heavy atom. The fraction of sp³-hybridized carbons (Fsp3) is 0.467. The molecule has 1 amide bonds. The smallest absolute Gasteiger partial charge is 0.369 e. The second-order valence-corrected chi connectivity index (χ2v) is 5.35. The van der Waals surface area contributed by atoms with Gasteiger partial charge in [0.1, 0.15) is 0 Å². The number of benzene rings is 1. The average molecular weight is 284 g/mol. The number of hydrogen-bond acceptors (Lipinski definition) is 1. The van der Waals surface area contributed by atoms with Gasteiger partial charge in [-0.3, -0.25) is 4.79 Å². The quantitative estimate of drug-likeness (QED) is 0.903. The molecule has 5 heteroatoms. The lowest BCUT2D eigenvalue weighted by Crippen LogP contribution is -2.39. The number of halogens is 3. The Balaban J connectivity index is 2.17. The average Bonchev–Trinajstić information content (AvgIpc) is 2.39. The second kappa shape index (κ2) is 5.46. The van der Waals surface area contributed by atoms with Gasteiger partial charge in [0.15, 0.2) is 0 Å². The predicted octanol–water partition coefficient (Wildman–Crippen LogP) is 3.69. The number of nitrogens with two attached hydrogens (primary N) is 1. The molecule has 0 unspecified atom stereocenters. The lowest BCUT2D eigenvalue weighted by atomic mass is 9.70. The van der Waals surface area contributed by atoms with E-state index in [1.54, 1.807) is 6.42 Å². The van der Waals surface area contributed by atoms with E-state index >= 15 is 0 Å². The van der Waals surface area contributed by atoms with Crippen molar-refractivity contribution in [3.8, 4) is 0 Å². The molecule has 0 atom stereocenters. The molecule has 0 spiro atoms. The van der Waals surface area contributed by atoms with Crippen LogP contribution in [-0.2, 0) is 11.0 Å². The maximum Gasteiger partial charge on any atom is 0.416 e. The molecular weight excluding hydrogens is 267 g/mol. The van der Waals surface area contributed by atoms with E-state index in [1.165, 1.54) is 12.1 Å². The van der Waals surface area contributed by atoms with Gasteiger partial charge in [0.05, 0.1) is 11.0 Å². The molecule has 1 radical (unpaired) electrons. The van der Waals surface area contributed by atoms with Gasteiger partial charge >= 0.3 is 6.18 Å². The Hall–Kier alpha value is -1.52. The van der Waals surface area contributed by atoms with Gasteiger partial charge in [-0.05, 0) is 30.5 Å². The van der Waals surface area contributed by atoms with Crippen molar-refractivity contribution in [2.45, 2.75) is 38.3 Å². The zero-order chi connectivity index (χ0) is 14.8. The van der Waals surface area contributed by atoms with Crippen LogP contribution in [0.1, 0.15) is 43.2 Å². The third kappa shape index (κ3) is 3.14. The summed E-state index contributed by atoms with van der Waals surface area (Å²) < 4.78 is 37.5. The molecule has 1 aromatic rings. The molecule has 0 aromatic heterocycles. The topological polar surface area (TPSA) is 43.1 Å². The number of carbonyl (C=O) groups excluding carboxylic acids is 1. The van der Waals surface area contributed by atoms with E-state index in [-0.39, 0.29) is 0 Å². The minimum absolute atomic E-state index is 0.392. The number of primary amides is 1. The molecule has 1 aliphatic rings. The first-order chi connectivity index (χ1) is 9.33. The van der Waals surface area contributed by atoms with E-state index < -0.39 is 23.1 Å². The summed E-state index contributed by atoms with van der Waals surface area (Å²) in [7, 11) is 0.